The summed E-state index contributed by atoms with van der Waals surface area (Å²) in [6, 6.07) is 86.4. The topological polar surface area (TPSA) is 96.2 Å². The summed E-state index contributed by atoms with van der Waals surface area (Å²) >= 11 is 0. The summed E-state index contributed by atoms with van der Waals surface area (Å²) in [5.41, 5.74) is 11.3. The zero-order valence-corrected chi connectivity index (χ0v) is 39.7. The first kappa shape index (κ1) is 44.2. The van der Waals surface area contributed by atoms with E-state index >= 15 is 0 Å². The Morgan fingerprint density at radius 3 is 0.753 bits per heavy atom. The number of para-hydroxylation sites is 6. The number of hydrogen-bond donors (Lipinski definition) is 0. The molecule has 0 saturated carbocycles. The van der Waals surface area contributed by atoms with Gasteiger partial charge in [0, 0.05) is 85.5 Å². The van der Waals surface area contributed by atoms with Crippen molar-refractivity contribution < 1.29 is 14.1 Å². The second-order valence-corrected chi connectivity index (χ2v) is 17.4. The highest BCUT2D eigenvalue weighted by atomic mass is 15.6. The molecule has 0 aliphatic carbocycles. The molecule has 12 rings (SSSR count). The lowest BCUT2D eigenvalue weighted by atomic mass is 10.1. The molecule has 0 N–H and O–H groups in total. The summed E-state index contributed by atoms with van der Waals surface area (Å²) in [6.07, 6.45) is 0. The minimum absolute atomic E-state index is 0.470. The van der Waals surface area contributed by atoms with E-state index in [1.165, 1.54) is 0 Å². The number of hydrazone groups is 3. The van der Waals surface area contributed by atoms with Crippen molar-refractivity contribution in [2.24, 2.45) is 30.6 Å². The Kier molecular flexibility index (Phi) is 12.2. The minimum atomic E-state index is 0.470. The highest BCUT2D eigenvalue weighted by molar-refractivity contribution is 6.02. The highest BCUT2D eigenvalue weighted by Gasteiger charge is 2.29. The first-order valence-electron chi connectivity index (χ1n) is 24.1. The largest absolute Gasteiger partial charge is 0.311 e. The molecule has 0 unspecified atom stereocenters. The lowest BCUT2D eigenvalue weighted by Crippen LogP contribution is -2.31. The number of anilines is 6. The van der Waals surface area contributed by atoms with Crippen LogP contribution in [0.15, 0.2) is 285 Å². The van der Waals surface area contributed by atoms with Crippen molar-refractivity contribution in [1.29, 1.82) is 0 Å². The van der Waals surface area contributed by atoms with E-state index in [1.54, 1.807) is 0 Å². The van der Waals surface area contributed by atoms with E-state index < -0.39 is 0 Å². The molecular weight excluding hydrogens is 903 g/mol. The first-order chi connectivity index (χ1) is 36.1. The Hall–Kier alpha value is -10.0. The fraction of sp³-hybridized carbons (Fsp3) is 0.0500. The Morgan fingerprint density at radius 1 is 0.274 bits per heavy atom. The molecule has 3 aliphatic rings. The van der Waals surface area contributed by atoms with Crippen molar-refractivity contribution in [2.45, 2.75) is 0 Å². The molecule has 0 fully saturated rings. The van der Waals surface area contributed by atoms with E-state index in [-0.39, 0.29) is 0 Å². The molecule has 0 saturated heterocycles. The summed E-state index contributed by atoms with van der Waals surface area (Å²) in [4.78, 5) is 2.24. The smallest absolute Gasteiger partial charge is 0.269 e. The van der Waals surface area contributed by atoms with Crippen molar-refractivity contribution >= 4 is 68.7 Å². The van der Waals surface area contributed by atoms with Gasteiger partial charge >= 0.3 is 0 Å². The molecule has 0 bridgehead atoms. The molecule has 9 aromatic rings. The Balaban J connectivity index is 0.924. The molecule has 9 aromatic carbocycles. The quantitative estimate of drug-likeness (QED) is 0.114. The Bertz CT molecular complexity index is 3170. The molecule has 73 heavy (non-hydrogen) atoms. The molecule has 3 heterocycles. The van der Waals surface area contributed by atoms with Crippen molar-refractivity contribution in [3.63, 3.8) is 0 Å². The van der Waals surface area contributed by atoms with Crippen molar-refractivity contribution in [3.8, 4) is 0 Å². The molecule has 0 amide bonds. The van der Waals surface area contributed by atoms with Gasteiger partial charge in [-0.15, -0.1) is 15.3 Å². The number of nitrogens with zero attached hydrogens (tertiary/aromatic N) is 13. The lowest BCUT2D eigenvalue weighted by Gasteiger charge is -2.26. The molecule has 350 valence electrons. The predicted octanol–water partition coefficient (Wildman–Crippen LogP) is 14.0. The summed E-state index contributed by atoms with van der Waals surface area (Å²) < 4.78 is 5.96. The number of benzene rings is 9. The van der Waals surface area contributed by atoms with Gasteiger partial charge in [0.05, 0.1) is 17.1 Å². The maximum Gasteiger partial charge on any atom is 0.269 e. The van der Waals surface area contributed by atoms with Crippen LogP contribution in [0.5, 0.6) is 0 Å². The average Bonchev–Trinajstić information content (AvgIpc) is 3.49. The van der Waals surface area contributed by atoms with Crippen LogP contribution >= 0.6 is 0 Å². The fourth-order valence-electron chi connectivity index (χ4n) is 8.83. The van der Waals surface area contributed by atoms with Gasteiger partial charge in [-0.2, -0.15) is 0 Å². The zero-order chi connectivity index (χ0) is 48.8. The van der Waals surface area contributed by atoms with Crippen LogP contribution < -0.4 is 19.9 Å². The SMILES string of the molecule is c1ccc(N2C[N+](c3ccccc3)=NC(c3ccc(N(c4ccc(C5=NN(c6ccccc6)C[N+](c6ccccc6)=N5)cc4)c4ccc(C5=NN(c6ccccc6)C[N+](c6ccccc6)=N5)cc4)cc3)=N2)cc1. The van der Waals surface area contributed by atoms with Gasteiger partial charge in [-0.05, 0) is 109 Å². The summed E-state index contributed by atoms with van der Waals surface area (Å²) in [5.74, 6) is 1.80. The minimum Gasteiger partial charge on any atom is -0.311 e. The van der Waals surface area contributed by atoms with Crippen LogP contribution in [0.1, 0.15) is 16.7 Å². The third-order valence-electron chi connectivity index (χ3n) is 12.6. The van der Waals surface area contributed by atoms with Gasteiger partial charge in [-0.25, -0.2) is 15.0 Å². The summed E-state index contributed by atoms with van der Waals surface area (Å²) in [5, 5.41) is 36.4. The highest BCUT2D eigenvalue weighted by Crippen LogP contribution is 2.36. The molecule has 3 aliphatic heterocycles. The molecule has 13 nitrogen and oxygen atoms in total. The molecular formula is C60H48N13+3. The van der Waals surface area contributed by atoms with Crippen LogP contribution in [0.25, 0.3) is 0 Å². The molecule has 0 aromatic heterocycles. The van der Waals surface area contributed by atoms with Gasteiger partial charge < -0.3 is 4.90 Å². The van der Waals surface area contributed by atoms with Crippen LogP contribution in [-0.4, -0.2) is 51.6 Å². The molecule has 13 heteroatoms. The van der Waals surface area contributed by atoms with E-state index in [1.807, 2.05) is 138 Å². The predicted molar refractivity (Wildman–Crippen MR) is 288 cm³/mol. The standard InChI is InChI=1S/C60H48N13/c1-7-19-49(20-8-1)67-43-68(50-21-9-2-10-22-50)62-58(61-67)46-31-37-55(38-32-46)73(56-39-33-47(34-40-56)59-63-69(51-23-11-3-12-24-51)44-70(64-59)52-25-13-4-14-26-52)57-41-35-48(36-42-57)60-65-71(53-27-15-5-16-28-53)45-72(66-60)54-29-17-6-18-30-54/h1-42H,43-45H2/q+3. The molecule has 0 spiro atoms. The molecule has 0 radical (unpaired) electrons. The summed E-state index contributed by atoms with van der Waals surface area (Å²) in [6.45, 7) is 1.41. The van der Waals surface area contributed by atoms with Gasteiger partial charge in [0.15, 0.2) is 0 Å². The number of amidine groups is 3. The van der Waals surface area contributed by atoms with E-state index in [0.29, 0.717) is 37.5 Å². The normalized spacial score (nSPS) is 14.5. The number of hydrogen-bond acceptors (Lipinski definition) is 10. The third kappa shape index (κ3) is 9.66. The van der Waals surface area contributed by atoms with Crippen molar-refractivity contribution in [3.05, 3.63) is 271 Å². The monoisotopic (exact) mass is 950 g/mol. The van der Waals surface area contributed by atoms with Gasteiger partial charge in [0.1, 0.15) is 0 Å². The van der Waals surface area contributed by atoms with E-state index in [9.17, 15) is 0 Å². The zero-order valence-electron chi connectivity index (χ0n) is 39.7. The van der Waals surface area contributed by atoms with Gasteiger partial charge in [-0.1, -0.05) is 123 Å². The lowest BCUT2D eigenvalue weighted by molar-refractivity contribution is -0.508. The fourth-order valence-corrected chi connectivity index (χ4v) is 8.83. The van der Waals surface area contributed by atoms with E-state index in [2.05, 4.69) is 150 Å². The number of azo groups is 6. The number of rotatable bonds is 12. The second kappa shape index (κ2) is 20.1. The Labute approximate surface area is 423 Å². The Morgan fingerprint density at radius 2 is 0.507 bits per heavy atom. The van der Waals surface area contributed by atoms with E-state index in [4.69, 9.17) is 30.6 Å². The third-order valence-corrected chi connectivity index (χ3v) is 12.6. The first-order valence-corrected chi connectivity index (χ1v) is 24.1. The van der Waals surface area contributed by atoms with Crippen LogP contribution in [0.2, 0.25) is 0 Å². The van der Waals surface area contributed by atoms with Gasteiger partial charge in [0.25, 0.3) is 20.0 Å². The maximum absolute atomic E-state index is 5.07. The summed E-state index contributed by atoms with van der Waals surface area (Å²) in [7, 11) is 0. The van der Waals surface area contributed by atoms with Crippen LogP contribution in [0, 0.1) is 0 Å². The molecule has 0 atom stereocenters. The van der Waals surface area contributed by atoms with Crippen molar-refractivity contribution in [2.75, 3.05) is 39.9 Å². The average molecular weight is 951 g/mol. The maximum atomic E-state index is 5.07. The van der Waals surface area contributed by atoms with Crippen LogP contribution in [0.4, 0.5) is 51.2 Å². The van der Waals surface area contributed by atoms with E-state index in [0.717, 1.165) is 67.9 Å². The second-order valence-electron chi connectivity index (χ2n) is 17.4. The van der Waals surface area contributed by atoms with Gasteiger partial charge in [0.2, 0.25) is 34.6 Å². The van der Waals surface area contributed by atoms with Crippen LogP contribution in [-0.2, 0) is 0 Å². The van der Waals surface area contributed by atoms with Crippen molar-refractivity contribution in [1.82, 2.24) is 0 Å². The van der Waals surface area contributed by atoms with Crippen LogP contribution in [0.3, 0.4) is 0 Å². The van der Waals surface area contributed by atoms with Gasteiger partial charge in [-0.3, -0.25) is 0 Å².